The molecule has 1 saturated heterocycles. The Kier molecular flexibility index (Phi) is 5.21. The van der Waals surface area contributed by atoms with Crippen LogP contribution in [-0.4, -0.2) is 59.0 Å². The Morgan fingerprint density at radius 3 is 2.64 bits per heavy atom. The van der Waals surface area contributed by atoms with Crippen molar-refractivity contribution in [3.63, 3.8) is 0 Å². The number of carbonyl (C=O) groups is 1. The summed E-state index contributed by atoms with van der Waals surface area (Å²) in [6.07, 6.45) is 2.74. The second-order valence-corrected chi connectivity index (χ2v) is 8.11. The van der Waals surface area contributed by atoms with E-state index >= 15 is 0 Å². The summed E-state index contributed by atoms with van der Waals surface area (Å²) in [7, 11) is 0. The Morgan fingerprint density at radius 1 is 1.21 bits per heavy atom. The Labute approximate surface area is 164 Å². The monoisotopic (exact) mass is 386 g/mol. The minimum atomic E-state index is -0.282. The largest absolute Gasteiger partial charge is 0.379 e. The van der Waals surface area contributed by atoms with Crippen molar-refractivity contribution in [1.82, 2.24) is 20.0 Å². The van der Waals surface area contributed by atoms with Gasteiger partial charge in [0, 0.05) is 36.4 Å². The summed E-state index contributed by atoms with van der Waals surface area (Å²) in [4.78, 5) is 15.3. The van der Waals surface area contributed by atoms with Gasteiger partial charge >= 0.3 is 0 Å². The van der Waals surface area contributed by atoms with Gasteiger partial charge in [-0.2, -0.15) is 5.10 Å². The van der Waals surface area contributed by atoms with Gasteiger partial charge < -0.3 is 10.1 Å². The molecule has 1 fully saturated rings. The van der Waals surface area contributed by atoms with Gasteiger partial charge in [-0.1, -0.05) is 0 Å². The van der Waals surface area contributed by atoms with Gasteiger partial charge in [-0.3, -0.25) is 9.69 Å². The summed E-state index contributed by atoms with van der Waals surface area (Å²) < 4.78 is 20.5. The van der Waals surface area contributed by atoms with Crippen molar-refractivity contribution >= 4 is 5.91 Å². The molecule has 0 saturated carbocycles. The average molecular weight is 386 g/mol. The number of hydrogen-bond acceptors (Lipinski definition) is 4. The van der Waals surface area contributed by atoms with Crippen molar-refractivity contribution in [1.29, 1.82) is 0 Å². The maximum atomic E-state index is 13.3. The molecule has 28 heavy (non-hydrogen) atoms. The molecule has 0 atom stereocenters. The van der Waals surface area contributed by atoms with Gasteiger partial charge in [-0.25, -0.2) is 9.07 Å². The van der Waals surface area contributed by atoms with E-state index < -0.39 is 0 Å². The molecule has 1 N–H and O–H groups in total. The number of hydrogen-bond donors (Lipinski definition) is 1. The second-order valence-electron chi connectivity index (χ2n) is 8.11. The molecule has 1 aliphatic heterocycles. The number of aromatic nitrogens is 2. The molecule has 1 aromatic heterocycles. The first-order valence-electron chi connectivity index (χ1n) is 9.93. The Balaban J connectivity index is 1.52. The summed E-state index contributed by atoms with van der Waals surface area (Å²) in [6.45, 7) is 8.03. The van der Waals surface area contributed by atoms with E-state index in [1.807, 2.05) is 0 Å². The quantitative estimate of drug-likeness (QED) is 0.857. The Hall–Kier alpha value is -2.25. The maximum absolute atomic E-state index is 13.3. The number of nitrogens with zero attached hydrogens (tertiary/aromatic N) is 3. The molecular formula is C21H27FN4O2. The van der Waals surface area contributed by atoms with Crippen molar-refractivity contribution in [2.45, 2.75) is 38.6 Å². The van der Waals surface area contributed by atoms with Crippen LogP contribution in [0.25, 0.3) is 5.69 Å². The molecule has 7 heteroatoms. The molecule has 1 aromatic carbocycles. The highest BCUT2D eigenvalue weighted by atomic mass is 19.1. The van der Waals surface area contributed by atoms with Crippen LogP contribution in [0.15, 0.2) is 24.3 Å². The van der Waals surface area contributed by atoms with E-state index in [-0.39, 0.29) is 17.3 Å². The molecule has 6 nitrogen and oxygen atoms in total. The molecular weight excluding hydrogens is 359 g/mol. The van der Waals surface area contributed by atoms with E-state index in [1.165, 1.54) is 12.1 Å². The third-order valence-corrected chi connectivity index (χ3v) is 5.77. The van der Waals surface area contributed by atoms with Gasteiger partial charge in [0.2, 0.25) is 0 Å². The van der Waals surface area contributed by atoms with Crippen LogP contribution in [0.1, 0.15) is 42.0 Å². The van der Waals surface area contributed by atoms with Crippen LogP contribution in [0.3, 0.4) is 0 Å². The zero-order valence-electron chi connectivity index (χ0n) is 16.5. The topological polar surface area (TPSA) is 59.4 Å². The third-order valence-electron chi connectivity index (χ3n) is 5.77. The molecule has 2 aromatic rings. The molecule has 4 rings (SSSR count). The number of ether oxygens (including phenoxy) is 1. The fraction of sp³-hybridized carbons (Fsp3) is 0.524. The molecule has 2 heterocycles. The lowest BCUT2D eigenvalue weighted by atomic mass is 10.0. The standard InChI is InChI=1S/C21H27FN4O2/c1-21(2,25-10-12-28-13-11-25)14-23-20(27)19-17-4-3-5-18(17)26(24-19)16-8-6-15(22)7-9-16/h6-9H,3-5,10-14H2,1-2H3,(H,23,27). The predicted octanol–water partition coefficient (Wildman–Crippen LogP) is 2.34. The Bertz CT molecular complexity index is 854. The van der Waals surface area contributed by atoms with Gasteiger partial charge in [0.05, 0.1) is 18.9 Å². The Morgan fingerprint density at radius 2 is 1.93 bits per heavy atom. The van der Waals surface area contributed by atoms with Gasteiger partial charge in [0.1, 0.15) is 5.82 Å². The number of benzene rings is 1. The number of amides is 1. The van der Waals surface area contributed by atoms with Crippen molar-refractivity contribution in [2.75, 3.05) is 32.8 Å². The summed E-state index contributed by atoms with van der Waals surface area (Å²) >= 11 is 0. The van der Waals surface area contributed by atoms with Crippen LogP contribution in [0.5, 0.6) is 0 Å². The van der Waals surface area contributed by atoms with Crippen molar-refractivity contribution in [2.24, 2.45) is 0 Å². The van der Waals surface area contributed by atoms with Crippen LogP contribution < -0.4 is 5.32 Å². The highest BCUT2D eigenvalue weighted by molar-refractivity contribution is 5.94. The fourth-order valence-electron chi connectivity index (χ4n) is 4.08. The van der Waals surface area contributed by atoms with E-state index in [2.05, 4.69) is 29.2 Å². The number of nitrogens with one attached hydrogen (secondary N) is 1. The van der Waals surface area contributed by atoms with E-state index in [4.69, 9.17) is 4.74 Å². The summed E-state index contributed by atoms with van der Waals surface area (Å²) in [5.41, 5.74) is 3.21. The van der Waals surface area contributed by atoms with Crippen molar-refractivity contribution < 1.29 is 13.9 Å². The smallest absolute Gasteiger partial charge is 0.272 e. The lowest BCUT2D eigenvalue weighted by Gasteiger charge is -2.40. The molecule has 2 aliphatic rings. The zero-order valence-corrected chi connectivity index (χ0v) is 16.5. The maximum Gasteiger partial charge on any atom is 0.272 e. The highest BCUT2D eigenvalue weighted by Gasteiger charge is 2.31. The molecule has 1 aliphatic carbocycles. The first-order valence-corrected chi connectivity index (χ1v) is 9.93. The number of rotatable bonds is 5. The van der Waals surface area contributed by atoms with Crippen molar-refractivity contribution in [3.8, 4) is 5.69 Å². The minimum Gasteiger partial charge on any atom is -0.379 e. The first-order chi connectivity index (χ1) is 13.5. The van der Waals surface area contributed by atoms with Crippen LogP contribution in [0, 0.1) is 5.82 Å². The first kappa shape index (κ1) is 19.1. The van der Waals surface area contributed by atoms with Crippen LogP contribution in [0.2, 0.25) is 0 Å². The molecule has 150 valence electrons. The van der Waals surface area contributed by atoms with Crippen LogP contribution in [-0.2, 0) is 17.6 Å². The predicted molar refractivity (Wildman–Crippen MR) is 104 cm³/mol. The van der Waals surface area contributed by atoms with E-state index in [9.17, 15) is 9.18 Å². The summed E-state index contributed by atoms with van der Waals surface area (Å²) in [6, 6.07) is 6.24. The number of fused-ring (bicyclic) bond motifs is 1. The lowest BCUT2D eigenvalue weighted by Crippen LogP contribution is -2.55. The lowest BCUT2D eigenvalue weighted by molar-refractivity contribution is -0.00924. The highest BCUT2D eigenvalue weighted by Crippen LogP contribution is 2.28. The van der Waals surface area contributed by atoms with Crippen LogP contribution >= 0.6 is 0 Å². The van der Waals surface area contributed by atoms with Crippen molar-refractivity contribution in [3.05, 3.63) is 47.0 Å². The minimum absolute atomic E-state index is 0.139. The summed E-state index contributed by atoms with van der Waals surface area (Å²) in [5, 5.41) is 7.68. The number of carbonyl (C=O) groups excluding carboxylic acids is 1. The normalized spacial score (nSPS) is 17.5. The van der Waals surface area contributed by atoms with Gasteiger partial charge in [-0.05, 0) is 57.4 Å². The van der Waals surface area contributed by atoms with Gasteiger partial charge in [-0.15, -0.1) is 0 Å². The van der Waals surface area contributed by atoms with E-state index in [1.54, 1.807) is 16.8 Å². The molecule has 0 bridgehead atoms. The van der Waals surface area contributed by atoms with Gasteiger partial charge in [0.15, 0.2) is 5.69 Å². The van der Waals surface area contributed by atoms with E-state index in [0.29, 0.717) is 12.2 Å². The second kappa shape index (κ2) is 7.64. The average Bonchev–Trinajstić information content (AvgIpc) is 3.30. The molecule has 0 unspecified atom stereocenters. The number of morpholine rings is 1. The SMILES string of the molecule is CC(C)(CNC(=O)c1nn(-c2ccc(F)cc2)c2c1CCC2)N1CCOCC1. The molecule has 0 radical (unpaired) electrons. The van der Waals surface area contributed by atoms with E-state index in [0.717, 1.165) is 62.5 Å². The zero-order chi connectivity index (χ0) is 19.7. The summed E-state index contributed by atoms with van der Waals surface area (Å²) in [5.74, 6) is -0.420. The molecule has 0 spiro atoms. The van der Waals surface area contributed by atoms with Crippen LogP contribution in [0.4, 0.5) is 4.39 Å². The number of halogens is 1. The van der Waals surface area contributed by atoms with Gasteiger partial charge in [0.25, 0.3) is 5.91 Å². The third kappa shape index (κ3) is 3.69. The molecule has 1 amide bonds. The fourth-order valence-corrected chi connectivity index (χ4v) is 4.08.